The number of nitrogens with one attached hydrogen (secondary N) is 1. The van der Waals surface area contributed by atoms with Gasteiger partial charge in [-0.05, 0) is 92.7 Å². The van der Waals surface area contributed by atoms with E-state index in [0.717, 1.165) is 57.1 Å². The average molecular weight is 465 g/mol. The molecule has 5 rings (SSSR count). The Bertz CT molecular complexity index is 1040. The van der Waals surface area contributed by atoms with E-state index in [4.69, 9.17) is 15.7 Å². The van der Waals surface area contributed by atoms with Crippen LogP contribution in [0.4, 0.5) is 0 Å². The summed E-state index contributed by atoms with van der Waals surface area (Å²) in [6, 6.07) is 3.61. The van der Waals surface area contributed by atoms with Crippen LogP contribution < -0.4 is 5.32 Å². The van der Waals surface area contributed by atoms with Crippen LogP contribution in [0.1, 0.15) is 71.0 Å². The molecule has 0 radical (unpaired) electrons. The SMILES string of the molecule is C#CC1(O)CCC2C3CCC4=CC(=NOCC(=O)NCc5ccco5)CCC4(C)C3CCC21C. The number of amides is 1. The van der Waals surface area contributed by atoms with Crippen molar-refractivity contribution < 1.29 is 19.2 Å². The van der Waals surface area contributed by atoms with Gasteiger partial charge in [0.25, 0.3) is 5.91 Å². The van der Waals surface area contributed by atoms with Gasteiger partial charge < -0.3 is 19.7 Å². The predicted molar refractivity (Wildman–Crippen MR) is 129 cm³/mol. The number of carbonyl (C=O) groups is 1. The quantitative estimate of drug-likeness (QED) is 0.493. The van der Waals surface area contributed by atoms with Gasteiger partial charge in [-0.2, -0.15) is 0 Å². The van der Waals surface area contributed by atoms with Crippen molar-refractivity contribution in [1.82, 2.24) is 5.32 Å². The van der Waals surface area contributed by atoms with E-state index in [2.05, 4.69) is 36.3 Å². The average Bonchev–Trinajstić information content (AvgIpc) is 3.44. The Kier molecular flexibility index (Phi) is 5.88. The molecule has 3 fully saturated rings. The van der Waals surface area contributed by atoms with Crippen molar-refractivity contribution >= 4 is 11.6 Å². The third-order valence-corrected chi connectivity index (χ3v) is 9.79. The summed E-state index contributed by atoms with van der Waals surface area (Å²) in [4.78, 5) is 17.4. The third kappa shape index (κ3) is 3.69. The first-order chi connectivity index (χ1) is 16.3. The Morgan fingerprint density at radius 1 is 1.26 bits per heavy atom. The maximum atomic E-state index is 12.0. The molecule has 4 aliphatic rings. The Labute approximate surface area is 202 Å². The number of terminal acetylenes is 1. The zero-order chi connectivity index (χ0) is 24.0. The number of allylic oxidation sites excluding steroid dienone is 2. The zero-order valence-corrected chi connectivity index (χ0v) is 20.3. The summed E-state index contributed by atoms with van der Waals surface area (Å²) in [7, 11) is 0. The number of furan rings is 1. The van der Waals surface area contributed by atoms with E-state index < -0.39 is 5.60 Å². The summed E-state index contributed by atoms with van der Waals surface area (Å²) in [6.45, 7) is 4.91. The first-order valence-electron chi connectivity index (χ1n) is 12.7. The zero-order valence-electron chi connectivity index (χ0n) is 20.3. The van der Waals surface area contributed by atoms with Gasteiger partial charge in [-0.15, -0.1) is 6.42 Å². The summed E-state index contributed by atoms with van der Waals surface area (Å²) in [6.07, 6.45) is 17.6. The highest BCUT2D eigenvalue weighted by Gasteiger charge is 2.63. The summed E-state index contributed by atoms with van der Waals surface area (Å²) in [5.41, 5.74) is 1.45. The topological polar surface area (TPSA) is 84.1 Å². The molecule has 1 aromatic rings. The smallest absolute Gasteiger partial charge is 0.261 e. The lowest BCUT2D eigenvalue weighted by Gasteiger charge is -2.58. The Morgan fingerprint density at radius 3 is 2.85 bits per heavy atom. The number of oxime groups is 1. The largest absolute Gasteiger partial charge is 0.467 e. The van der Waals surface area contributed by atoms with E-state index in [1.54, 1.807) is 12.3 Å². The molecule has 182 valence electrons. The molecule has 1 heterocycles. The van der Waals surface area contributed by atoms with Crippen molar-refractivity contribution in [2.75, 3.05) is 6.61 Å². The number of rotatable bonds is 5. The fraction of sp³-hybridized carbons (Fsp3) is 0.643. The molecule has 1 aromatic heterocycles. The fourth-order valence-electron chi connectivity index (χ4n) is 7.72. The molecule has 0 aliphatic heterocycles. The van der Waals surface area contributed by atoms with Gasteiger partial charge in [-0.1, -0.05) is 30.5 Å². The first kappa shape index (κ1) is 23.2. The van der Waals surface area contributed by atoms with Crippen LogP contribution in [0.25, 0.3) is 0 Å². The van der Waals surface area contributed by atoms with Crippen LogP contribution in [0, 0.1) is 40.9 Å². The molecular weight excluding hydrogens is 428 g/mol. The van der Waals surface area contributed by atoms with Crippen molar-refractivity contribution in [2.45, 2.75) is 77.4 Å². The number of hydrogen-bond donors (Lipinski definition) is 2. The number of carbonyl (C=O) groups excluding carboxylic acids is 1. The van der Waals surface area contributed by atoms with E-state index in [9.17, 15) is 9.90 Å². The van der Waals surface area contributed by atoms with Gasteiger partial charge in [0, 0.05) is 5.41 Å². The lowest BCUT2D eigenvalue weighted by molar-refractivity contribution is -0.125. The number of hydrogen-bond acceptors (Lipinski definition) is 5. The van der Waals surface area contributed by atoms with Crippen LogP contribution >= 0.6 is 0 Å². The van der Waals surface area contributed by atoms with Crippen molar-refractivity contribution in [1.29, 1.82) is 0 Å². The summed E-state index contributed by atoms with van der Waals surface area (Å²) < 4.78 is 5.21. The number of nitrogens with zero attached hydrogens (tertiary/aromatic N) is 1. The highest BCUT2D eigenvalue weighted by molar-refractivity contribution is 5.96. The highest BCUT2D eigenvalue weighted by Crippen LogP contribution is 2.67. The van der Waals surface area contributed by atoms with E-state index in [0.29, 0.717) is 30.1 Å². The molecule has 6 unspecified atom stereocenters. The highest BCUT2D eigenvalue weighted by atomic mass is 16.6. The van der Waals surface area contributed by atoms with Crippen molar-refractivity contribution in [3.05, 3.63) is 35.8 Å². The lowest BCUT2D eigenvalue weighted by Crippen LogP contribution is -2.54. The lowest BCUT2D eigenvalue weighted by atomic mass is 9.46. The van der Waals surface area contributed by atoms with Gasteiger partial charge in [-0.25, -0.2) is 0 Å². The van der Waals surface area contributed by atoms with Crippen molar-refractivity contribution in [3.8, 4) is 12.3 Å². The van der Waals surface area contributed by atoms with Gasteiger partial charge >= 0.3 is 0 Å². The van der Waals surface area contributed by atoms with Crippen LogP contribution in [0.15, 0.2) is 39.6 Å². The van der Waals surface area contributed by atoms with Gasteiger partial charge in [0.1, 0.15) is 11.4 Å². The van der Waals surface area contributed by atoms with E-state index in [1.807, 2.05) is 6.07 Å². The minimum atomic E-state index is -0.951. The van der Waals surface area contributed by atoms with E-state index in [-0.39, 0.29) is 23.3 Å². The molecule has 3 saturated carbocycles. The Morgan fingerprint density at radius 2 is 2.09 bits per heavy atom. The van der Waals surface area contributed by atoms with Gasteiger partial charge in [-0.3, -0.25) is 4.79 Å². The van der Waals surface area contributed by atoms with Crippen LogP contribution in [0.2, 0.25) is 0 Å². The number of aliphatic hydroxyl groups is 1. The molecule has 0 saturated heterocycles. The normalized spacial score (nSPS) is 39.9. The molecule has 6 nitrogen and oxygen atoms in total. The van der Waals surface area contributed by atoms with Gasteiger partial charge in [0.2, 0.25) is 0 Å². The van der Waals surface area contributed by atoms with Crippen LogP contribution in [0.3, 0.4) is 0 Å². The van der Waals surface area contributed by atoms with E-state index in [1.165, 1.54) is 5.57 Å². The molecule has 6 atom stereocenters. The van der Waals surface area contributed by atoms with Crippen LogP contribution in [0.5, 0.6) is 0 Å². The Hall–Kier alpha value is -2.52. The molecular formula is C28H36N2O4. The predicted octanol–water partition coefficient (Wildman–Crippen LogP) is 4.60. The monoisotopic (exact) mass is 464 g/mol. The molecule has 6 heteroatoms. The second kappa shape index (κ2) is 8.61. The summed E-state index contributed by atoms with van der Waals surface area (Å²) in [5, 5.41) is 18.2. The molecule has 4 aliphatic carbocycles. The minimum Gasteiger partial charge on any atom is -0.467 e. The fourth-order valence-corrected chi connectivity index (χ4v) is 7.72. The number of fused-ring (bicyclic) bond motifs is 5. The Balaban J connectivity index is 1.22. The molecule has 0 bridgehead atoms. The maximum absolute atomic E-state index is 12.0. The maximum Gasteiger partial charge on any atom is 0.261 e. The standard InChI is InChI=1S/C28H36N2O4/c1-4-28(32)14-11-24-22-8-7-19-16-20(9-12-26(19,2)23(22)10-13-27(24,28)3)30-34-18-25(31)29-17-21-6-5-15-33-21/h1,5-6,15-16,22-24,32H,7-14,17-18H2,2-3H3,(H,29,31). The van der Waals surface area contributed by atoms with Gasteiger partial charge in [0.05, 0.1) is 18.5 Å². The minimum absolute atomic E-state index is 0.103. The molecule has 0 aromatic carbocycles. The molecule has 2 N–H and O–H groups in total. The second-order valence-corrected chi connectivity index (χ2v) is 11.2. The second-order valence-electron chi connectivity index (χ2n) is 11.2. The van der Waals surface area contributed by atoms with Crippen molar-refractivity contribution in [2.24, 2.45) is 33.7 Å². The van der Waals surface area contributed by atoms with Crippen LogP contribution in [-0.2, 0) is 16.2 Å². The summed E-state index contributed by atoms with van der Waals surface area (Å²) in [5.74, 6) is 5.01. The molecule has 0 spiro atoms. The molecule has 1 amide bonds. The first-order valence-corrected chi connectivity index (χ1v) is 12.7. The molecule has 34 heavy (non-hydrogen) atoms. The third-order valence-electron chi connectivity index (χ3n) is 9.79. The van der Waals surface area contributed by atoms with E-state index >= 15 is 0 Å². The van der Waals surface area contributed by atoms with Crippen molar-refractivity contribution in [3.63, 3.8) is 0 Å². The summed E-state index contributed by atoms with van der Waals surface area (Å²) >= 11 is 0. The van der Waals surface area contributed by atoms with Gasteiger partial charge in [0.15, 0.2) is 6.61 Å². The van der Waals surface area contributed by atoms with Crippen LogP contribution in [-0.4, -0.2) is 28.9 Å².